The Kier molecular flexibility index (Phi) is 34.7. The fourth-order valence-corrected chi connectivity index (χ4v) is 10.7. The molecule has 12 atom stereocenters. The van der Waals surface area contributed by atoms with Gasteiger partial charge in [0, 0.05) is 49.3 Å². The number of carbonyl (C=O) groups excluding carboxylic acids is 11. The number of aliphatic hydroxyl groups excluding tert-OH is 1. The Balaban J connectivity index is 0.0000722. The van der Waals surface area contributed by atoms with Crippen LogP contribution in [0.3, 0.4) is 0 Å². The van der Waals surface area contributed by atoms with Crippen molar-refractivity contribution in [3.8, 4) is 0 Å². The molecule has 1 aliphatic heterocycles. The van der Waals surface area contributed by atoms with E-state index in [1.54, 1.807) is 54.5 Å². The zero-order chi connectivity index (χ0) is 66.0. The number of amides is 11. The quantitative estimate of drug-likeness (QED) is 0.116. The topological polar surface area (TPSA) is 279 Å². The van der Waals surface area contributed by atoms with Crippen molar-refractivity contribution in [3.63, 3.8) is 0 Å². The molecular formula is C62H115N11O12Pb. The Morgan fingerprint density at radius 2 is 0.872 bits per heavy atom. The van der Waals surface area contributed by atoms with Gasteiger partial charge in [0.25, 0.3) is 0 Å². The van der Waals surface area contributed by atoms with Crippen molar-refractivity contribution in [1.29, 1.82) is 0 Å². The number of nitrogens with zero attached hydrogens (tertiary/aromatic N) is 7. The standard InChI is InChI=1S/C62H111N11O12.Pb.4H/c1-25-27-28-40(15)52(75)51-56(79)65-43(26-2)58(81)67(18)33-48(74)68(19)44(29-34(3)4)55(78)66-49(38(11)12)61(84)69(20)45(30-35(5)6)54(77)63-41(16)53(76)64-42(17)57(80)70(21)46(31-36(7)8)59(82)71(22)47(32-37(9)10)60(83)72(23)50(39(13)14)62(85)73(51)24;;;;;/h25,27,34-47,49-52,75H,26,28-33H2,1-24H3,(H,63,77)(H,64,76)(H,65,79)(H,66,78);;;;;/b27-25+;;;;;/t40-,41+,42-,43+,44+,45+,46+,47+,49+,50+,51+,52-;;;;;/m1...../s1. The number of hydrogen-bond donors (Lipinski definition) is 5. The van der Waals surface area contributed by atoms with Crippen LogP contribution in [0.1, 0.15) is 156 Å². The van der Waals surface area contributed by atoms with E-state index in [9.17, 15) is 48.3 Å². The minimum atomic E-state index is -1.61. The first-order valence-corrected chi connectivity index (χ1v) is 30.6. The predicted molar refractivity (Wildman–Crippen MR) is 340 cm³/mol. The van der Waals surface area contributed by atoms with E-state index in [2.05, 4.69) is 21.3 Å². The number of likely N-dealkylation sites (N-methyl/N-ethyl adjacent to an activating group) is 7. The fourth-order valence-electron chi connectivity index (χ4n) is 10.7. The van der Waals surface area contributed by atoms with E-state index < -0.39 is 156 Å². The first-order chi connectivity index (χ1) is 39.2. The molecule has 1 heterocycles. The summed E-state index contributed by atoms with van der Waals surface area (Å²) in [6, 6.07) is -12.3. The van der Waals surface area contributed by atoms with Gasteiger partial charge in [0.2, 0.25) is 65.0 Å². The Morgan fingerprint density at radius 3 is 1.31 bits per heavy atom. The molecule has 0 aromatic heterocycles. The maximum absolute atomic E-state index is 15.1. The molecular weight excluding hydrogens is 1300 g/mol. The molecule has 494 valence electrons. The molecule has 0 saturated carbocycles. The number of rotatable bonds is 15. The van der Waals surface area contributed by atoms with Crippen LogP contribution in [0.5, 0.6) is 0 Å². The maximum atomic E-state index is 15.1. The van der Waals surface area contributed by atoms with E-state index in [0.29, 0.717) is 6.42 Å². The van der Waals surface area contributed by atoms with Crippen LogP contribution >= 0.6 is 0 Å². The molecule has 1 aliphatic rings. The normalized spacial score (nSPS) is 26.6. The van der Waals surface area contributed by atoms with Crippen LogP contribution in [0.25, 0.3) is 0 Å². The third-order valence-corrected chi connectivity index (χ3v) is 16.1. The zero-order valence-corrected chi connectivity index (χ0v) is 56.1. The van der Waals surface area contributed by atoms with Gasteiger partial charge >= 0.3 is 27.3 Å². The fraction of sp³-hybridized carbons (Fsp3) is 0.790. The van der Waals surface area contributed by atoms with Crippen molar-refractivity contribution in [2.24, 2.45) is 41.4 Å². The van der Waals surface area contributed by atoms with Crippen molar-refractivity contribution in [3.05, 3.63) is 12.2 Å². The second-order valence-electron chi connectivity index (χ2n) is 26.1. The minimum absolute atomic E-state index is 0. The molecule has 0 bridgehead atoms. The van der Waals surface area contributed by atoms with E-state index in [1.165, 1.54) is 87.7 Å². The zero-order valence-electron chi connectivity index (χ0n) is 56.1. The molecule has 86 heavy (non-hydrogen) atoms. The third kappa shape index (κ3) is 22.7. The molecule has 0 radical (unpaired) electrons. The van der Waals surface area contributed by atoms with Gasteiger partial charge in [0.15, 0.2) is 0 Å². The van der Waals surface area contributed by atoms with Crippen LogP contribution < -0.4 is 21.3 Å². The van der Waals surface area contributed by atoms with Crippen LogP contribution in [0.2, 0.25) is 0 Å². The summed E-state index contributed by atoms with van der Waals surface area (Å²) in [5.41, 5.74) is 0. The summed E-state index contributed by atoms with van der Waals surface area (Å²) in [5, 5.41) is 23.1. The summed E-state index contributed by atoms with van der Waals surface area (Å²) in [5.74, 6) is -9.71. The molecule has 0 unspecified atom stereocenters. The summed E-state index contributed by atoms with van der Waals surface area (Å²) in [6.45, 7) is 29.3. The average molecular weight is 1410 g/mol. The third-order valence-electron chi connectivity index (χ3n) is 16.1. The van der Waals surface area contributed by atoms with Crippen LogP contribution in [0.15, 0.2) is 12.2 Å². The SMILES string of the molecule is C/C=C/C[C@@H](C)[C@@H](O)[C@H]1C(=O)N[C@@H](CC)C(=O)N(C)CC(=O)N(C)[C@@H](CC(C)C)C(=O)N[C@@H](C(C)C)C(=O)N(C)[C@@H](CC(C)C)C(=O)N[C@@H](C)C(=O)N[C@H](C)C(=O)N(C)[C@@H](CC(C)C)C(=O)N(C)[C@@H](CC(C)C)C(=O)N(C)[C@@H](C(C)C)C(=O)N1C.[PbH4]. The van der Waals surface area contributed by atoms with E-state index >= 15 is 9.59 Å². The number of allylic oxidation sites excluding steroid dienone is 2. The van der Waals surface area contributed by atoms with Gasteiger partial charge in [-0.2, -0.15) is 0 Å². The van der Waals surface area contributed by atoms with Gasteiger partial charge in [-0.25, -0.2) is 0 Å². The first kappa shape index (κ1) is 80.8. The molecule has 1 fully saturated rings. The van der Waals surface area contributed by atoms with Gasteiger partial charge < -0.3 is 60.7 Å². The van der Waals surface area contributed by atoms with E-state index in [-0.39, 0.29) is 83.1 Å². The number of carbonyl (C=O) groups is 11. The number of hydrogen-bond acceptors (Lipinski definition) is 12. The van der Waals surface area contributed by atoms with Crippen LogP contribution in [-0.2, 0) is 52.7 Å². The van der Waals surface area contributed by atoms with Crippen molar-refractivity contribution in [2.45, 2.75) is 223 Å². The molecule has 0 aromatic rings. The second kappa shape index (κ2) is 36.9. The second-order valence-corrected chi connectivity index (χ2v) is 26.1. The van der Waals surface area contributed by atoms with Gasteiger partial charge in [-0.3, -0.25) is 52.7 Å². The molecule has 0 spiro atoms. The van der Waals surface area contributed by atoms with Crippen LogP contribution in [0, 0.1) is 41.4 Å². The van der Waals surface area contributed by atoms with Gasteiger partial charge in [-0.05, 0) is 101 Å². The van der Waals surface area contributed by atoms with E-state index in [4.69, 9.17) is 0 Å². The summed E-state index contributed by atoms with van der Waals surface area (Å²) in [4.78, 5) is 169. The molecule has 0 aromatic carbocycles. The molecule has 23 nitrogen and oxygen atoms in total. The summed E-state index contributed by atoms with van der Waals surface area (Å²) in [7, 11) is 9.92. The van der Waals surface area contributed by atoms with Crippen LogP contribution in [0.4, 0.5) is 0 Å². The monoisotopic (exact) mass is 1410 g/mol. The van der Waals surface area contributed by atoms with Crippen molar-refractivity contribution >= 4 is 92.3 Å². The van der Waals surface area contributed by atoms with Crippen LogP contribution in [-0.4, -0.2) is 254 Å². The molecule has 0 aliphatic carbocycles. The van der Waals surface area contributed by atoms with Crippen molar-refractivity contribution in [1.82, 2.24) is 55.6 Å². The van der Waals surface area contributed by atoms with Crippen molar-refractivity contribution in [2.75, 3.05) is 55.9 Å². The Bertz CT molecular complexity index is 2330. The Labute approximate surface area is 535 Å². The van der Waals surface area contributed by atoms with Gasteiger partial charge in [-0.15, -0.1) is 0 Å². The molecule has 5 N–H and O–H groups in total. The van der Waals surface area contributed by atoms with Gasteiger partial charge in [0.05, 0.1) is 12.6 Å². The number of aliphatic hydroxyl groups is 1. The van der Waals surface area contributed by atoms with E-state index in [1.807, 2.05) is 61.5 Å². The Hall–Kier alpha value is -5.21. The summed E-state index contributed by atoms with van der Waals surface area (Å²) in [6.07, 6.45) is 3.04. The first-order valence-electron chi connectivity index (χ1n) is 30.6. The van der Waals surface area contributed by atoms with Crippen molar-refractivity contribution < 1.29 is 57.8 Å². The Morgan fingerprint density at radius 1 is 0.465 bits per heavy atom. The van der Waals surface area contributed by atoms with Gasteiger partial charge in [-0.1, -0.05) is 109 Å². The summed E-state index contributed by atoms with van der Waals surface area (Å²) < 4.78 is 0. The average Bonchev–Trinajstić information content (AvgIpc) is 3.35. The number of nitrogens with one attached hydrogen (secondary N) is 4. The van der Waals surface area contributed by atoms with E-state index in [0.717, 1.165) is 9.80 Å². The summed E-state index contributed by atoms with van der Waals surface area (Å²) >= 11 is 0. The van der Waals surface area contributed by atoms with Gasteiger partial charge in [0.1, 0.15) is 60.4 Å². The molecule has 1 rings (SSSR count). The molecule has 24 heteroatoms. The molecule has 11 amide bonds. The predicted octanol–water partition coefficient (Wildman–Crippen LogP) is 1.82. The molecule has 1 saturated heterocycles.